The summed E-state index contributed by atoms with van der Waals surface area (Å²) in [5.41, 5.74) is 0.106. The molecule has 6 aliphatic heterocycles. The molecule has 0 amide bonds. The van der Waals surface area contributed by atoms with E-state index in [1.807, 2.05) is 39.0 Å². The first-order valence-corrected chi connectivity index (χ1v) is 24.0. The van der Waals surface area contributed by atoms with Crippen molar-refractivity contribution in [1.29, 1.82) is 0 Å². The summed E-state index contributed by atoms with van der Waals surface area (Å²) in [5.74, 6) is -2.61. The maximum absolute atomic E-state index is 14.4. The van der Waals surface area contributed by atoms with Gasteiger partial charge in [-0.05, 0) is 62.8 Å². The Balaban J connectivity index is 1.15. The molecule has 3 N–H and O–H groups in total. The van der Waals surface area contributed by atoms with Gasteiger partial charge in [-0.3, -0.25) is 4.79 Å². The predicted octanol–water partition coefficient (Wildman–Crippen LogP) is 5.38. The zero-order valence-electron chi connectivity index (χ0n) is 40.4. The number of fused-ring (bicyclic) bond motifs is 2. The molecule has 370 valence electrons. The van der Waals surface area contributed by atoms with E-state index in [2.05, 4.69) is 45.0 Å². The number of oxime groups is 1. The minimum absolute atomic E-state index is 0.0247. The van der Waals surface area contributed by atoms with E-state index < -0.39 is 96.9 Å². The number of allylic oxidation sites excluding steroid dienone is 2. The Bertz CT molecular complexity index is 1850. The van der Waals surface area contributed by atoms with Crippen molar-refractivity contribution < 1.29 is 72.3 Å². The molecular weight excluding hydrogens is 855 g/mol. The van der Waals surface area contributed by atoms with Crippen molar-refractivity contribution in [3.63, 3.8) is 0 Å². The zero-order valence-corrected chi connectivity index (χ0v) is 40.4. The van der Waals surface area contributed by atoms with Crippen molar-refractivity contribution in [1.82, 2.24) is 0 Å². The number of rotatable bonds is 11. The van der Waals surface area contributed by atoms with E-state index in [0.29, 0.717) is 36.8 Å². The summed E-state index contributed by atoms with van der Waals surface area (Å²) in [7, 11) is 3.25. The van der Waals surface area contributed by atoms with Gasteiger partial charge in [-0.25, -0.2) is 0 Å². The number of ether oxygens (including phenoxy) is 10. The van der Waals surface area contributed by atoms with Gasteiger partial charge in [0.25, 0.3) is 0 Å². The molecule has 4 fully saturated rings. The maximum Gasteiger partial charge on any atom is 0.316 e. The molecular formula is C50H75NO15. The van der Waals surface area contributed by atoms with Crippen LogP contribution in [0.2, 0.25) is 0 Å². The third-order valence-corrected chi connectivity index (χ3v) is 14.8. The van der Waals surface area contributed by atoms with Crippen molar-refractivity contribution in [3.05, 3.63) is 59.3 Å². The number of hydrogen-bond acceptors (Lipinski definition) is 16. The van der Waals surface area contributed by atoms with Gasteiger partial charge in [0, 0.05) is 51.7 Å². The first-order chi connectivity index (χ1) is 31.5. The van der Waals surface area contributed by atoms with Crippen LogP contribution in [0, 0.1) is 23.7 Å². The molecule has 0 saturated carbocycles. The Labute approximate surface area is 390 Å². The van der Waals surface area contributed by atoms with Crippen LogP contribution in [0.25, 0.3) is 0 Å². The highest BCUT2D eigenvalue weighted by atomic mass is 16.7. The van der Waals surface area contributed by atoms with Crippen molar-refractivity contribution in [2.45, 2.75) is 191 Å². The molecule has 2 bridgehead atoms. The SMILES string of the molecule is CCC(C)[C@H]1O[C@]2(C=C[C@@H]1C)C[C@@H]1C[C@@H](C/C=C(\C)[C@@H](O[C@H]3C[C@H](OC)[C@@H](O[C@H]4C[C@H](OC)[C@@H](O/N=C/CO)[C@H](C)O4)[C@H](C)O3)[C@@H](C)/C=C/C=C3\CO[C@@H]4[C@H](O)C(C)=C[C@@H](C(=O)O1)[C@]34O)O2. The fourth-order valence-corrected chi connectivity index (χ4v) is 10.8. The molecule has 66 heavy (non-hydrogen) atoms. The standard InChI is InChI=1S/C50H75NO15/c1-11-27(2)44-30(5)17-18-49(65-44)25-36-22-35(64-49)16-15-29(4)43(28(3)13-12-14-34-26-58-47-42(53)31(6)21-37(48(54)61-36)50(34,47)55)62-40-23-38(56-9)45(32(7)59-40)63-41-24-39(57-10)46(33(8)60-41)66-51-19-20-52/h12-15,17-19,21,27-28,30,32-33,35-47,52-53,55H,11,16,20,22-26H2,1-10H3/b13-12+,29-15+,34-14+,51-19+/t27?,28-,30-,32-,33-,35+,36-,37-,38-,39-,40-,41-,42+,43-,44+,45-,46-,47+,49+,50+/m0/s1. The summed E-state index contributed by atoms with van der Waals surface area (Å²) in [6, 6.07) is 0. The van der Waals surface area contributed by atoms with Gasteiger partial charge < -0.3 is 67.5 Å². The first-order valence-electron chi connectivity index (χ1n) is 24.0. The van der Waals surface area contributed by atoms with Gasteiger partial charge in [0.15, 0.2) is 24.5 Å². The monoisotopic (exact) mass is 930 g/mol. The predicted molar refractivity (Wildman–Crippen MR) is 242 cm³/mol. The molecule has 16 nitrogen and oxygen atoms in total. The number of methoxy groups -OCH3 is 2. The van der Waals surface area contributed by atoms with Gasteiger partial charge in [-0.15, -0.1) is 0 Å². The fourth-order valence-electron chi connectivity index (χ4n) is 10.8. The molecule has 0 aromatic heterocycles. The summed E-state index contributed by atoms with van der Waals surface area (Å²) in [4.78, 5) is 20.0. The molecule has 1 aliphatic carbocycles. The van der Waals surface area contributed by atoms with Gasteiger partial charge in [-0.2, -0.15) is 0 Å². The van der Waals surface area contributed by atoms with Gasteiger partial charge in [0.05, 0.1) is 56.1 Å². The Morgan fingerprint density at radius 2 is 1.62 bits per heavy atom. The molecule has 0 aromatic rings. The molecule has 0 aromatic carbocycles. The van der Waals surface area contributed by atoms with Crippen LogP contribution < -0.4 is 0 Å². The Kier molecular flexibility index (Phi) is 16.9. The molecule has 1 unspecified atom stereocenters. The van der Waals surface area contributed by atoms with Crippen molar-refractivity contribution in [2.24, 2.45) is 28.8 Å². The second kappa shape index (κ2) is 21.8. The zero-order chi connectivity index (χ0) is 47.5. The minimum atomic E-state index is -1.84. The maximum atomic E-state index is 14.4. The van der Waals surface area contributed by atoms with Crippen LogP contribution in [-0.4, -0.2) is 152 Å². The van der Waals surface area contributed by atoms with Crippen molar-refractivity contribution in [2.75, 3.05) is 27.4 Å². The topological polar surface area (TPSA) is 192 Å². The van der Waals surface area contributed by atoms with Crippen LogP contribution in [0.4, 0.5) is 0 Å². The second-order valence-corrected chi connectivity index (χ2v) is 19.5. The third kappa shape index (κ3) is 10.8. The smallest absolute Gasteiger partial charge is 0.316 e. The minimum Gasteiger partial charge on any atom is -0.462 e. The summed E-state index contributed by atoms with van der Waals surface area (Å²) < 4.78 is 64.4. The Morgan fingerprint density at radius 3 is 2.32 bits per heavy atom. The van der Waals surface area contributed by atoms with E-state index in [9.17, 15) is 15.0 Å². The normalized spacial score (nSPS) is 47.0. The molecule has 7 rings (SSSR count). The average molecular weight is 930 g/mol. The number of carbonyl (C=O) groups excluding carboxylic acids is 1. The lowest BCUT2D eigenvalue weighted by molar-refractivity contribution is -0.321. The van der Waals surface area contributed by atoms with Crippen LogP contribution in [0.5, 0.6) is 0 Å². The number of aliphatic hydroxyl groups is 3. The highest BCUT2D eigenvalue weighted by Crippen LogP contribution is 2.47. The lowest BCUT2D eigenvalue weighted by Crippen LogP contribution is -2.58. The molecule has 1 spiro atoms. The van der Waals surface area contributed by atoms with Crippen molar-refractivity contribution >= 4 is 12.2 Å². The van der Waals surface area contributed by atoms with Gasteiger partial charge in [0.2, 0.25) is 0 Å². The largest absolute Gasteiger partial charge is 0.462 e. The second-order valence-electron chi connectivity index (χ2n) is 19.5. The summed E-state index contributed by atoms with van der Waals surface area (Å²) >= 11 is 0. The molecule has 16 heteroatoms. The molecule has 6 heterocycles. The van der Waals surface area contributed by atoms with Crippen LogP contribution in [-0.2, 0) is 57.0 Å². The highest BCUT2D eigenvalue weighted by Gasteiger charge is 2.60. The quantitative estimate of drug-likeness (QED) is 0.104. The number of carbonyl (C=O) groups is 1. The third-order valence-electron chi connectivity index (χ3n) is 14.8. The van der Waals surface area contributed by atoms with Crippen molar-refractivity contribution in [3.8, 4) is 0 Å². The van der Waals surface area contributed by atoms with Gasteiger partial charge in [0.1, 0.15) is 42.0 Å². The van der Waals surface area contributed by atoms with E-state index in [4.69, 9.17) is 57.3 Å². The van der Waals surface area contributed by atoms with E-state index >= 15 is 0 Å². The lowest BCUT2D eigenvalue weighted by atomic mass is 9.71. The molecule has 7 aliphatic rings. The molecule has 20 atom stereocenters. The van der Waals surface area contributed by atoms with E-state index in [-0.39, 0.29) is 49.6 Å². The van der Waals surface area contributed by atoms with Crippen LogP contribution in [0.3, 0.4) is 0 Å². The fraction of sp³-hybridized carbons (Fsp3) is 0.760. The number of aliphatic hydroxyl groups excluding tert-OH is 2. The van der Waals surface area contributed by atoms with Crippen LogP contribution in [0.1, 0.15) is 93.9 Å². The number of hydrogen-bond donors (Lipinski definition) is 3. The van der Waals surface area contributed by atoms with E-state index in [1.165, 1.54) is 6.21 Å². The summed E-state index contributed by atoms with van der Waals surface area (Å²) in [5, 5.41) is 36.7. The summed E-state index contributed by atoms with van der Waals surface area (Å²) in [6.45, 7) is 15.9. The van der Waals surface area contributed by atoms with Gasteiger partial charge >= 0.3 is 5.97 Å². The molecule has 0 radical (unpaired) electrons. The number of nitrogens with zero attached hydrogens (tertiary/aromatic N) is 1. The van der Waals surface area contributed by atoms with E-state index in [0.717, 1.165) is 12.0 Å². The highest BCUT2D eigenvalue weighted by molar-refractivity contribution is 5.78. The molecule has 4 saturated heterocycles. The number of esters is 1. The average Bonchev–Trinajstić information content (AvgIpc) is 3.63. The Morgan fingerprint density at radius 1 is 0.924 bits per heavy atom. The summed E-state index contributed by atoms with van der Waals surface area (Å²) in [6.07, 6.45) is 9.96. The van der Waals surface area contributed by atoms with Crippen LogP contribution in [0.15, 0.2) is 64.4 Å². The Hall–Kier alpha value is -2.84. The lowest BCUT2D eigenvalue weighted by Gasteiger charge is -2.48. The van der Waals surface area contributed by atoms with Gasteiger partial charge in [-0.1, -0.05) is 75.7 Å². The van der Waals surface area contributed by atoms with Crippen LogP contribution >= 0.6 is 0 Å². The van der Waals surface area contributed by atoms with E-state index in [1.54, 1.807) is 33.3 Å². The first kappa shape index (κ1) is 51.0.